The molecule has 0 spiro atoms. The largest absolute Gasteiger partial charge is 0.497 e. The molecule has 4 heteroatoms. The number of benzene rings is 1. The van der Waals surface area contributed by atoms with E-state index in [4.69, 9.17) is 4.74 Å². The summed E-state index contributed by atoms with van der Waals surface area (Å²) in [5, 5.41) is 11.8. The number of halogens is 1. The van der Waals surface area contributed by atoms with Gasteiger partial charge in [-0.1, -0.05) is 0 Å². The quantitative estimate of drug-likeness (QED) is 0.894. The topological polar surface area (TPSA) is 29.5 Å². The number of ether oxygens (including phenoxy) is 1. The molecule has 0 saturated carbocycles. The van der Waals surface area contributed by atoms with E-state index in [1.165, 1.54) is 6.07 Å². The molecule has 2 saturated heterocycles. The lowest BCUT2D eigenvalue weighted by Gasteiger charge is -2.36. The number of hydrogen-bond donors (Lipinski definition) is 1. The smallest absolute Gasteiger partial charge is 0.129 e. The molecular weight excluding hydrogens is 251 g/mol. The highest BCUT2D eigenvalue weighted by Crippen LogP contribution is 2.51. The second-order valence-electron chi connectivity index (χ2n) is 5.24. The highest BCUT2D eigenvalue weighted by molar-refractivity contribution is 8.00. The van der Waals surface area contributed by atoms with Crippen molar-refractivity contribution in [2.75, 3.05) is 7.11 Å². The van der Waals surface area contributed by atoms with Gasteiger partial charge < -0.3 is 9.84 Å². The van der Waals surface area contributed by atoms with Gasteiger partial charge in [-0.3, -0.25) is 0 Å². The third-order valence-electron chi connectivity index (χ3n) is 4.00. The Hall–Kier alpha value is -0.740. The van der Waals surface area contributed by atoms with Crippen molar-refractivity contribution in [2.45, 2.75) is 41.8 Å². The Kier molecular flexibility index (Phi) is 3.02. The highest BCUT2D eigenvalue weighted by Gasteiger charge is 2.45. The predicted molar refractivity (Wildman–Crippen MR) is 70.5 cm³/mol. The van der Waals surface area contributed by atoms with Gasteiger partial charge in [0, 0.05) is 16.1 Å². The molecule has 2 aliphatic rings. The second kappa shape index (κ2) is 4.42. The van der Waals surface area contributed by atoms with Crippen LogP contribution < -0.4 is 4.74 Å². The SMILES string of the molecule is COc1ccc(F)c(C2(O)CC3CCC(C2)S3)c1. The van der Waals surface area contributed by atoms with Crippen LogP contribution in [-0.4, -0.2) is 22.7 Å². The van der Waals surface area contributed by atoms with Crippen LogP contribution in [0.5, 0.6) is 5.75 Å². The van der Waals surface area contributed by atoms with Crippen LogP contribution >= 0.6 is 11.8 Å². The maximum Gasteiger partial charge on any atom is 0.129 e. The summed E-state index contributed by atoms with van der Waals surface area (Å²) in [7, 11) is 1.56. The number of methoxy groups -OCH3 is 1. The van der Waals surface area contributed by atoms with Crippen LogP contribution in [0.3, 0.4) is 0 Å². The van der Waals surface area contributed by atoms with E-state index in [9.17, 15) is 9.50 Å². The van der Waals surface area contributed by atoms with Gasteiger partial charge in [-0.05, 0) is 43.9 Å². The molecule has 0 aromatic heterocycles. The Morgan fingerprint density at radius 1 is 1.33 bits per heavy atom. The summed E-state index contributed by atoms with van der Waals surface area (Å²) in [4.78, 5) is 0. The summed E-state index contributed by atoms with van der Waals surface area (Å²) in [6.07, 6.45) is 3.59. The van der Waals surface area contributed by atoms with E-state index >= 15 is 0 Å². The van der Waals surface area contributed by atoms with Crippen LogP contribution in [0.4, 0.5) is 4.39 Å². The molecule has 0 aliphatic carbocycles. The Morgan fingerprint density at radius 3 is 2.61 bits per heavy atom. The average Bonchev–Trinajstić information content (AvgIpc) is 2.70. The van der Waals surface area contributed by atoms with Crippen LogP contribution in [-0.2, 0) is 5.60 Å². The molecule has 18 heavy (non-hydrogen) atoms. The zero-order chi connectivity index (χ0) is 12.8. The number of thioether (sulfide) groups is 1. The number of fused-ring (bicyclic) bond motifs is 2. The van der Waals surface area contributed by atoms with Crippen molar-refractivity contribution >= 4 is 11.8 Å². The first kappa shape index (κ1) is 12.3. The third kappa shape index (κ3) is 2.01. The van der Waals surface area contributed by atoms with E-state index in [-0.39, 0.29) is 5.82 Å². The minimum Gasteiger partial charge on any atom is -0.497 e. The molecule has 98 valence electrons. The van der Waals surface area contributed by atoms with Crippen LogP contribution in [0.25, 0.3) is 0 Å². The van der Waals surface area contributed by atoms with Crippen molar-refractivity contribution in [2.24, 2.45) is 0 Å². The van der Waals surface area contributed by atoms with Crippen molar-refractivity contribution in [1.82, 2.24) is 0 Å². The maximum atomic E-state index is 14.0. The molecule has 1 aromatic rings. The maximum absolute atomic E-state index is 14.0. The molecule has 1 N–H and O–H groups in total. The molecule has 0 radical (unpaired) electrons. The number of hydrogen-bond acceptors (Lipinski definition) is 3. The van der Waals surface area contributed by atoms with Gasteiger partial charge in [0.15, 0.2) is 0 Å². The van der Waals surface area contributed by atoms with Gasteiger partial charge in [0.1, 0.15) is 11.6 Å². The van der Waals surface area contributed by atoms with Crippen molar-refractivity contribution in [3.05, 3.63) is 29.6 Å². The molecule has 2 atom stereocenters. The Morgan fingerprint density at radius 2 is 2.00 bits per heavy atom. The van der Waals surface area contributed by atoms with Gasteiger partial charge in [-0.15, -0.1) is 0 Å². The van der Waals surface area contributed by atoms with Crippen LogP contribution in [0.2, 0.25) is 0 Å². The summed E-state index contributed by atoms with van der Waals surface area (Å²) in [6.45, 7) is 0. The van der Waals surface area contributed by atoms with Gasteiger partial charge in [-0.2, -0.15) is 11.8 Å². The molecule has 0 amide bonds. The lowest BCUT2D eigenvalue weighted by molar-refractivity contribution is 0.0160. The zero-order valence-electron chi connectivity index (χ0n) is 10.4. The van der Waals surface area contributed by atoms with Crippen molar-refractivity contribution in [3.63, 3.8) is 0 Å². The first-order valence-electron chi connectivity index (χ1n) is 6.32. The first-order valence-corrected chi connectivity index (χ1v) is 7.27. The molecule has 2 bridgehead atoms. The fourth-order valence-corrected chi connectivity index (χ4v) is 4.96. The highest BCUT2D eigenvalue weighted by atomic mass is 32.2. The molecule has 2 nitrogen and oxygen atoms in total. The van der Waals surface area contributed by atoms with E-state index in [0.717, 1.165) is 12.8 Å². The van der Waals surface area contributed by atoms with E-state index < -0.39 is 5.60 Å². The normalized spacial score (nSPS) is 34.6. The van der Waals surface area contributed by atoms with Gasteiger partial charge in [-0.25, -0.2) is 4.39 Å². The summed E-state index contributed by atoms with van der Waals surface area (Å²) in [5.74, 6) is 0.273. The average molecular weight is 268 g/mol. The Balaban J connectivity index is 1.98. The Labute approximate surface area is 111 Å². The molecule has 2 unspecified atom stereocenters. The molecule has 1 aromatic carbocycles. The van der Waals surface area contributed by atoms with E-state index in [2.05, 4.69) is 0 Å². The van der Waals surface area contributed by atoms with E-state index in [1.807, 2.05) is 11.8 Å². The van der Waals surface area contributed by atoms with Crippen LogP contribution in [0.1, 0.15) is 31.2 Å². The standard InChI is InChI=1S/C14H17FO2S/c1-17-9-2-5-13(15)12(6-9)14(16)7-10-3-4-11(8-14)18-10/h2,5-6,10-11,16H,3-4,7-8H2,1H3. The van der Waals surface area contributed by atoms with Gasteiger partial charge >= 0.3 is 0 Å². The van der Waals surface area contributed by atoms with Crippen molar-refractivity contribution < 1.29 is 14.2 Å². The predicted octanol–water partition coefficient (Wildman–Crippen LogP) is 3.08. The first-order chi connectivity index (χ1) is 8.60. The zero-order valence-corrected chi connectivity index (χ0v) is 11.2. The minimum atomic E-state index is -1.02. The lowest BCUT2D eigenvalue weighted by atomic mass is 9.85. The van der Waals surface area contributed by atoms with Gasteiger partial charge in [0.05, 0.1) is 12.7 Å². The van der Waals surface area contributed by atoms with Crippen LogP contribution in [0.15, 0.2) is 18.2 Å². The number of aliphatic hydroxyl groups is 1. The fraction of sp³-hybridized carbons (Fsp3) is 0.571. The summed E-state index contributed by atoms with van der Waals surface area (Å²) < 4.78 is 19.1. The molecule has 2 heterocycles. The summed E-state index contributed by atoms with van der Waals surface area (Å²) in [6, 6.07) is 4.62. The van der Waals surface area contributed by atoms with E-state index in [0.29, 0.717) is 34.7 Å². The second-order valence-corrected chi connectivity index (χ2v) is 6.85. The summed E-state index contributed by atoms with van der Waals surface area (Å²) >= 11 is 1.95. The molecule has 2 aliphatic heterocycles. The van der Waals surface area contributed by atoms with Crippen molar-refractivity contribution in [3.8, 4) is 5.75 Å². The van der Waals surface area contributed by atoms with Gasteiger partial charge in [0.25, 0.3) is 0 Å². The monoisotopic (exact) mass is 268 g/mol. The lowest BCUT2D eigenvalue weighted by Crippen LogP contribution is -2.35. The minimum absolute atomic E-state index is 0.329. The van der Waals surface area contributed by atoms with Crippen molar-refractivity contribution in [1.29, 1.82) is 0 Å². The fourth-order valence-electron chi connectivity index (χ4n) is 3.12. The Bertz CT molecular complexity index is 451. The third-order valence-corrected chi connectivity index (χ3v) is 5.58. The molecular formula is C14H17FO2S. The molecule has 3 rings (SSSR count). The van der Waals surface area contributed by atoms with Crippen LogP contribution in [0, 0.1) is 5.82 Å². The van der Waals surface area contributed by atoms with Gasteiger partial charge in [0.2, 0.25) is 0 Å². The number of rotatable bonds is 2. The molecule has 2 fully saturated rings. The van der Waals surface area contributed by atoms with E-state index in [1.54, 1.807) is 19.2 Å². The summed E-state index contributed by atoms with van der Waals surface area (Å²) in [5.41, 5.74) is -0.616.